The zero-order valence-electron chi connectivity index (χ0n) is 10.5. The Labute approximate surface area is 101 Å². The van der Waals surface area contributed by atoms with E-state index in [0.717, 1.165) is 13.0 Å². The number of rotatable bonds is 7. The summed E-state index contributed by atoms with van der Waals surface area (Å²) in [7, 11) is 0. The molecule has 0 bridgehead atoms. The first kappa shape index (κ1) is 13.4. The fourth-order valence-corrected chi connectivity index (χ4v) is 1.05. The van der Waals surface area contributed by atoms with Crippen LogP contribution >= 0.6 is 0 Å². The lowest BCUT2D eigenvalue weighted by Gasteiger charge is -2.10. The number of anilines is 2. The molecule has 0 spiro atoms. The Morgan fingerprint density at radius 1 is 1.24 bits per heavy atom. The van der Waals surface area contributed by atoms with Gasteiger partial charge in [0.05, 0.1) is 6.61 Å². The van der Waals surface area contributed by atoms with Gasteiger partial charge in [-0.2, -0.15) is 15.0 Å². The molecule has 96 valence electrons. The molecule has 0 aliphatic rings. The van der Waals surface area contributed by atoms with Crippen LogP contribution < -0.4 is 21.3 Å². The molecule has 4 N–H and O–H groups in total. The number of ether oxygens (including phenoxy) is 1. The van der Waals surface area contributed by atoms with Gasteiger partial charge in [0.2, 0.25) is 11.9 Å². The second kappa shape index (κ2) is 6.85. The first-order valence-electron chi connectivity index (χ1n) is 5.75. The van der Waals surface area contributed by atoms with Gasteiger partial charge < -0.3 is 10.1 Å². The van der Waals surface area contributed by atoms with Crippen LogP contribution in [-0.2, 0) is 0 Å². The normalized spacial score (nSPS) is 10.4. The minimum absolute atomic E-state index is 0.279. The monoisotopic (exact) mass is 240 g/mol. The highest BCUT2D eigenvalue weighted by molar-refractivity contribution is 5.34. The quantitative estimate of drug-likeness (QED) is 0.483. The van der Waals surface area contributed by atoms with Gasteiger partial charge in [-0.15, -0.1) is 0 Å². The van der Waals surface area contributed by atoms with E-state index in [2.05, 4.69) is 39.5 Å². The van der Waals surface area contributed by atoms with Gasteiger partial charge in [0, 0.05) is 6.54 Å². The van der Waals surface area contributed by atoms with Crippen LogP contribution in [0.25, 0.3) is 0 Å². The molecule has 1 heterocycles. The topological polar surface area (TPSA) is 98.0 Å². The van der Waals surface area contributed by atoms with Crippen LogP contribution in [0.3, 0.4) is 0 Å². The first-order chi connectivity index (χ1) is 8.15. The third kappa shape index (κ3) is 4.81. The van der Waals surface area contributed by atoms with Crippen molar-refractivity contribution in [2.24, 2.45) is 11.8 Å². The largest absolute Gasteiger partial charge is 0.463 e. The van der Waals surface area contributed by atoms with E-state index < -0.39 is 0 Å². The molecule has 0 saturated heterocycles. The number of hydrogen-bond acceptors (Lipinski definition) is 7. The molecular formula is C10H20N6O. The lowest BCUT2D eigenvalue weighted by molar-refractivity contribution is 0.292. The maximum atomic E-state index is 5.35. The Morgan fingerprint density at radius 2 is 1.94 bits per heavy atom. The Kier molecular flexibility index (Phi) is 5.41. The van der Waals surface area contributed by atoms with E-state index in [1.165, 1.54) is 0 Å². The fraction of sp³-hybridized carbons (Fsp3) is 0.700. The molecule has 0 aromatic carbocycles. The summed E-state index contributed by atoms with van der Waals surface area (Å²) in [5.74, 6) is 6.54. The fourth-order valence-electron chi connectivity index (χ4n) is 1.05. The summed E-state index contributed by atoms with van der Waals surface area (Å²) in [5.41, 5.74) is 2.39. The van der Waals surface area contributed by atoms with Crippen molar-refractivity contribution in [1.82, 2.24) is 15.0 Å². The third-order valence-electron chi connectivity index (χ3n) is 1.85. The molecule has 7 nitrogen and oxygen atoms in total. The summed E-state index contributed by atoms with van der Waals surface area (Å²) in [6.07, 6.45) is 0.895. The number of nitrogen functional groups attached to an aromatic ring is 1. The second-order valence-electron chi connectivity index (χ2n) is 4.03. The molecule has 0 saturated carbocycles. The van der Waals surface area contributed by atoms with Crippen LogP contribution in [0.1, 0.15) is 27.2 Å². The summed E-state index contributed by atoms with van der Waals surface area (Å²) < 4.78 is 5.35. The Morgan fingerprint density at radius 3 is 2.53 bits per heavy atom. The SMILES string of the molecule is CCCOc1nc(NN)nc(NCC(C)C)n1. The van der Waals surface area contributed by atoms with Crippen molar-refractivity contribution in [3.8, 4) is 6.01 Å². The van der Waals surface area contributed by atoms with Gasteiger partial charge in [-0.3, -0.25) is 5.43 Å². The van der Waals surface area contributed by atoms with Gasteiger partial charge in [0.15, 0.2) is 0 Å². The molecule has 0 unspecified atom stereocenters. The smallest absolute Gasteiger partial charge is 0.323 e. The van der Waals surface area contributed by atoms with Crippen LogP contribution in [0.2, 0.25) is 0 Å². The predicted octanol–water partition coefficient (Wildman–Crippen LogP) is 1.01. The molecule has 0 radical (unpaired) electrons. The summed E-state index contributed by atoms with van der Waals surface area (Å²) in [6.45, 7) is 7.57. The molecule has 0 aliphatic carbocycles. The van der Waals surface area contributed by atoms with E-state index >= 15 is 0 Å². The number of hydrogen-bond donors (Lipinski definition) is 3. The van der Waals surface area contributed by atoms with Gasteiger partial charge in [0.1, 0.15) is 0 Å². The molecule has 1 aromatic heterocycles. The molecule has 7 heteroatoms. The van der Waals surface area contributed by atoms with Crippen LogP contribution in [0.5, 0.6) is 6.01 Å². The summed E-state index contributed by atoms with van der Waals surface area (Å²) in [4.78, 5) is 12.2. The maximum absolute atomic E-state index is 5.35. The van der Waals surface area contributed by atoms with E-state index in [4.69, 9.17) is 10.6 Å². The molecule has 17 heavy (non-hydrogen) atoms. The van der Waals surface area contributed by atoms with Gasteiger partial charge in [-0.1, -0.05) is 20.8 Å². The Hall–Kier alpha value is -1.63. The lowest BCUT2D eigenvalue weighted by atomic mass is 10.2. The molecule has 1 aromatic rings. The number of hydrazine groups is 1. The van der Waals surface area contributed by atoms with Gasteiger partial charge >= 0.3 is 6.01 Å². The summed E-state index contributed by atoms with van der Waals surface area (Å²) >= 11 is 0. The molecule has 0 amide bonds. The Bertz CT molecular complexity index is 344. The van der Waals surface area contributed by atoms with Gasteiger partial charge in [-0.25, -0.2) is 5.84 Å². The minimum atomic E-state index is 0.279. The maximum Gasteiger partial charge on any atom is 0.323 e. The van der Waals surface area contributed by atoms with Crippen molar-refractivity contribution in [1.29, 1.82) is 0 Å². The van der Waals surface area contributed by atoms with Crippen molar-refractivity contribution in [2.75, 3.05) is 23.9 Å². The molecule has 1 rings (SSSR count). The van der Waals surface area contributed by atoms with Crippen LogP contribution in [-0.4, -0.2) is 28.1 Å². The second-order valence-corrected chi connectivity index (χ2v) is 4.03. The number of nitrogens with two attached hydrogens (primary N) is 1. The van der Waals surface area contributed by atoms with Crippen molar-refractivity contribution in [2.45, 2.75) is 27.2 Å². The van der Waals surface area contributed by atoms with E-state index in [9.17, 15) is 0 Å². The predicted molar refractivity (Wildman–Crippen MR) is 66.8 cm³/mol. The zero-order chi connectivity index (χ0) is 12.7. The molecular weight excluding hydrogens is 220 g/mol. The van der Waals surface area contributed by atoms with E-state index in [1.807, 2.05) is 6.92 Å². The molecule has 0 atom stereocenters. The lowest BCUT2D eigenvalue weighted by Crippen LogP contribution is -2.16. The third-order valence-corrected chi connectivity index (χ3v) is 1.85. The summed E-state index contributed by atoms with van der Waals surface area (Å²) in [6, 6.07) is 0.279. The number of nitrogens with zero attached hydrogens (tertiary/aromatic N) is 3. The van der Waals surface area contributed by atoms with E-state index in [-0.39, 0.29) is 12.0 Å². The molecule has 0 aliphatic heterocycles. The summed E-state index contributed by atoms with van der Waals surface area (Å²) in [5, 5.41) is 3.10. The Balaban J connectivity index is 2.73. The van der Waals surface area contributed by atoms with Crippen LogP contribution in [0.4, 0.5) is 11.9 Å². The first-order valence-corrected chi connectivity index (χ1v) is 5.75. The van der Waals surface area contributed by atoms with Crippen molar-refractivity contribution < 1.29 is 4.74 Å². The highest BCUT2D eigenvalue weighted by atomic mass is 16.5. The molecule has 0 fully saturated rings. The van der Waals surface area contributed by atoms with Gasteiger partial charge in [-0.05, 0) is 12.3 Å². The average molecular weight is 240 g/mol. The number of aromatic nitrogens is 3. The van der Waals surface area contributed by atoms with Gasteiger partial charge in [0.25, 0.3) is 0 Å². The van der Waals surface area contributed by atoms with Crippen LogP contribution in [0, 0.1) is 5.92 Å². The highest BCUT2D eigenvalue weighted by Gasteiger charge is 2.06. The van der Waals surface area contributed by atoms with Crippen molar-refractivity contribution in [3.63, 3.8) is 0 Å². The standard InChI is InChI=1S/C10H20N6O/c1-4-5-17-10-14-8(12-6-7(2)3)13-9(15-10)16-11/h7H,4-6,11H2,1-3H3,(H2,12,13,14,15,16). The minimum Gasteiger partial charge on any atom is -0.463 e. The van der Waals surface area contributed by atoms with E-state index in [0.29, 0.717) is 18.5 Å². The van der Waals surface area contributed by atoms with Crippen molar-refractivity contribution in [3.05, 3.63) is 0 Å². The average Bonchev–Trinajstić information content (AvgIpc) is 2.33. The van der Waals surface area contributed by atoms with Crippen LogP contribution in [0.15, 0.2) is 0 Å². The zero-order valence-corrected chi connectivity index (χ0v) is 10.5. The van der Waals surface area contributed by atoms with Crippen molar-refractivity contribution >= 4 is 11.9 Å². The number of nitrogens with one attached hydrogen (secondary N) is 2. The van der Waals surface area contributed by atoms with E-state index in [1.54, 1.807) is 0 Å². The highest BCUT2D eigenvalue weighted by Crippen LogP contribution is 2.11.